The van der Waals surface area contributed by atoms with Gasteiger partial charge < -0.3 is 10.4 Å². The van der Waals surface area contributed by atoms with Crippen LogP contribution in [-0.2, 0) is 6.42 Å². The molecule has 0 amide bonds. The Hall–Kier alpha value is -2.90. The summed E-state index contributed by atoms with van der Waals surface area (Å²) in [6, 6.07) is 9.77. The van der Waals surface area contributed by atoms with Crippen LogP contribution >= 0.6 is 0 Å². The highest BCUT2D eigenvalue weighted by molar-refractivity contribution is 6.52. The first-order chi connectivity index (χ1) is 11.6. The Morgan fingerprint density at radius 1 is 1.17 bits per heavy atom. The van der Waals surface area contributed by atoms with E-state index in [0.29, 0.717) is 29.8 Å². The first kappa shape index (κ1) is 16.0. The molecule has 0 fully saturated rings. The number of hydrogen-bond acceptors (Lipinski definition) is 7. The second-order valence-corrected chi connectivity index (χ2v) is 5.33. The maximum Gasteiger partial charge on any atom is 0.207 e. The Balaban J connectivity index is 1.69. The highest BCUT2D eigenvalue weighted by atomic mass is 16.8. The van der Waals surface area contributed by atoms with Crippen LogP contribution in [0.2, 0.25) is 0 Å². The predicted octanol–water partition coefficient (Wildman–Crippen LogP) is 2.23. The number of pyridine rings is 1. The topological polar surface area (TPSA) is 106 Å². The van der Waals surface area contributed by atoms with Gasteiger partial charge in [0.15, 0.2) is 5.78 Å². The first-order valence-electron chi connectivity index (χ1n) is 7.37. The molecule has 1 aromatic carbocycles. The van der Waals surface area contributed by atoms with Crippen molar-refractivity contribution in [2.45, 2.75) is 12.8 Å². The summed E-state index contributed by atoms with van der Waals surface area (Å²) in [6.45, 7) is 0.309. The van der Waals surface area contributed by atoms with Gasteiger partial charge in [-0.2, -0.15) is 0 Å². The van der Waals surface area contributed by atoms with Crippen LogP contribution in [-0.4, -0.2) is 34.0 Å². The number of fused-ring (bicyclic) bond motifs is 1. The van der Waals surface area contributed by atoms with E-state index in [0.717, 1.165) is 0 Å². The van der Waals surface area contributed by atoms with Crippen molar-refractivity contribution in [1.29, 1.82) is 0 Å². The molecular formula is C17H14N3O4-. The Kier molecular flexibility index (Phi) is 4.45. The van der Waals surface area contributed by atoms with E-state index in [-0.39, 0.29) is 34.6 Å². The standard InChI is InChI=1S/C17H14N3O4/c21-16-9-15(17(22)14-4-2-1-3-13(14)16)18-8-7-11-5-6-12(10-19-11)20(23)24/h1-6,10,23H,7-9H2/q-1. The maximum atomic E-state index is 12.4. The predicted molar refractivity (Wildman–Crippen MR) is 87.6 cm³/mol. The summed E-state index contributed by atoms with van der Waals surface area (Å²) in [5.41, 5.74) is 1.81. The Morgan fingerprint density at radius 3 is 2.58 bits per heavy atom. The van der Waals surface area contributed by atoms with E-state index in [1.165, 1.54) is 12.3 Å². The lowest BCUT2D eigenvalue weighted by Crippen LogP contribution is -2.27. The van der Waals surface area contributed by atoms with Crippen molar-refractivity contribution in [2.24, 2.45) is 4.99 Å². The molecule has 0 atom stereocenters. The number of hydrogen-bond donors (Lipinski definition) is 1. The molecule has 0 aliphatic heterocycles. The van der Waals surface area contributed by atoms with Crippen LogP contribution in [0.1, 0.15) is 32.8 Å². The largest absolute Gasteiger partial charge is 0.733 e. The quantitative estimate of drug-likeness (QED) is 0.864. The molecule has 1 aromatic heterocycles. The zero-order valence-corrected chi connectivity index (χ0v) is 12.7. The minimum atomic E-state index is -0.263. The van der Waals surface area contributed by atoms with Gasteiger partial charge in [0.2, 0.25) is 5.78 Å². The van der Waals surface area contributed by atoms with Crippen molar-refractivity contribution in [2.75, 3.05) is 11.8 Å². The summed E-state index contributed by atoms with van der Waals surface area (Å²) in [5, 5.41) is 19.2. The van der Waals surface area contributed by atoms with E-state index in [4.69, 9.17) is 5.21 Å². The zero-order chi connectivity index (χ0) is 17.1. The van der Waals surface area contributed by atoms with E-state index in [9.17, 15) is 14.8 Å². The second-order valence-electron chi connectivity index (χ2n) is 5.33. The van der Waals surface area contributed by atoms with E-state index in [2.05, 4.69) is 9.98 Å². The molecule has 7 heteroatoms. The van der Waals surface area contributed by atoms with Crippen LogP contribution in [0, 0.1) is 5.21 Å². The smallest absolute Gasteiger partial charge is 0.207 e. The van der Waals surface area contributed by atoms with Crippen LogP contribution in [0.25, 0.3) is 0 Å². The summed E-state index contributed by atoms with van der Waals surface area (Å²) in [6.07, 6.45) is 1.72. The molecule has 0 radical (unpaired) electrons. The summed E-state index contributed by atoms with van der Waals surface area (Å²) in [4.78, 5) is 32.7. The van der Waals surface area contributed by atoms with Crippen molar-refractivity contribution in [3.8, 4) is 0 Å². The van der Waals surface area contributed by atoms with Crippen molar-refractivity contribution in [3.05, 3.63) is 64.6 Å². The number of carbonyl (C=O) groups excluding carboxylic acids is 2. The molecule has 24 heavy (non-hydrogen) atoms. The van der Waals surface area contributed by atoms with Gasteiger partial charge in [0, 0.05) is 29.8 Å². The number of aliphatic imine (C=N–C) groups is 1. The molecule has 0 saturated heterocycles. The highest BCUT2D eigenvalue weighted by Gasteiger charge is 2.28. The lowest BCUT2D eigenvalue weighted by molar-refractivity contribution is 0.0964. The summed E-state index contributed by atoms with van der Waals surface area (Å²) < 4.78 is 0. The fraction of sp³-hybridized carbons (Fsp3) is 0.176. The third kappa shape index (κ3) is 3.22. The number of carbonyl (C=O) groups is 2. The van der Waals surface area contributed by atoms with Crippen LogP contribution in [0.4, 0.5) is 5.69 Å². The molecule has 1 heterocycles. The van der Waals surface area contributed by atoms with Crippen molar-refractivity contribution in [1.82, 2.24) is 4.98 Å². The van der Waals surface area contributed by atoms with E-state index >= 15 is 0 Å². The minimum Gasteiger partial charge on any atom is -0.733 e. The van der Waals surface area contributed by atoms with Crippen LogP contribution in [0.3, 0.4) is 0 Å². The molecule has 0 bridgehead atoms. The van der Waals surface area contributed by atoms with Crippen molar-refractivity contribution >= 4 is 23.0 Å². The number of aromatic nitrogens is 1. The van der Waals surface area contributed by atoms with Gasteiger partial charge in [-0.3, -0.25) is 24.8 Å². The Labute approximate surface area is 137 Å². The number of Topliss-reactive ketones (excluding diaryl/α,β-unsaturated/α-hetero) is 2. The van der Waals surface area contributed by atoms with Gasteiger partial charge in [0.25, 0.3) is 0 Å². The average Bonchev–Trinajstić information content (AvgIpc) is 2.59. The highest BCUT2D eigenvalue weighted by Crippen LogP contribution is 2.19. The minimum absolute atomic E-state index is 0.0118. The molecule has 2 aromatic rings. The number of benzene rings is 1. The summed E-state index contributed by atoms with van der Waals surface area (Å²) >= 11 is 0. The molecule has 1 N–H and O–H groups in total. The van der Waals surface area contributed by atoms with Gasteiger partial charge in [-0.15, -0.1) is 0 Å². The summed E-state index contributed by atoms with van der Waals surface area (Å²) in [7, 11) is 0. The zero-order valence-electron chi connectivity index (χ0n) is 12.7. The SMILES string of the molecule is O=C1CC(=NCCc2ccc(N([O-])O)cn2)C(=O)c2ccccc21. The molecule has 0 unspecified atom stereocenters. The fourth-order valence-corrected chi connectivity index (χ4v) is 2.52. The normalized spacial score (nSPS) is 15.5. The molecule has 3 rings (SSSR count). The summed E-state index contributed by atoms with van der Waals surface area (Å²) in [5.74, 6) is -0.319. The lowest BCUT2D eigenvalue weighted by atomic mass is 9.88. The van der Waals surface area contributed by atoms with Gasteiger partial charge in [0.1, 0.15) is 0 Å². The van der Waals surface area contributed by atoms with Gasteiger partial charge >= 0.3 is 0 Å². The molecule has 1 aliphatic rings. The maximum absolute atomic E-state index is 12.4. The van der Waals surface area contributed by atoms with Crippen molar-refractivity contribution < 1.29 is 14.8 Å². The number of rotatable bonds is 4. The van der Waals surface area contributed by atoms with Crippen LogP contribution in [0.5, 0.6) is 0 Å². The number of ketones is 2. The molecule has 1 aliphatic carbocycles. The Bertz CT molecular complexity index is 813. The van der Waals surface area contributed by atoms with Gasteiger partial charge in [-0.05, 0) is 12.1 Å². The first-order valence-corrected chi connectivity index (χ1v) is 7.37. The van der Waals surface area contributed by atoms with Gasteiger partial charge in [0.05, 0.1) is 24.0 Å². The molecule has 0 saturated carbocycles. The van der Waals surface area contributed by atoms with Crippen LogP contribution < -0.4 is 5.23 Å². The molecule has 122 valence electrons. The van der Waals surface area contributed by atoms with E-state index in [1.807, 2.05) is 0 Å². The van der Waals surface area contributed by atoms with Gasteiger partial charge in [-0.1, -0.05) is 24.3 Å². The van der Waals surface area contributed by atoms with E-state index in [1.54, 1.807) is 30.3 Å². The lowest BCUT2D eigenvalue weighted by Gasteiger charge is -2.20. The molecule has 7 nitrogen and oxygen atoms in total. The van der Waals surface area contributed by atoms with Gasteiger partial charge in [-0.25, -0.2) is 0 Å². The Morgan fingerprint density at radius 2 is 1.92 bits per heavy atom. The molecular weight excluding hydrogens is 310 g/mol. The third-order valence-electron chi connectivity index (χ3n) is 3.76. The average molecular weight is 324 g/mol. The number of nitrogens with zero attached hydrogens (tertiary/aromatic N) is 3. The van der Waals surface area contributed by atoms with E-state index < -0.39 is 0 Å². The second kappa shape index (κ2) is 6.69. The fourth-order valence-electron chi connectivity index (χ4n) is 2.52. The number of anilines is 1. The third-order valence-corrected chi connectivity index (χ3v) is 3.76. The monoisotopic (exact) mass is 324 g/mol. The molecule has 0 spiro atoms. The van der Waals surface area contributed by atoms with Crippen molar-refractivity contribution in [3.63, 3.8) is 0 Å². The van der Waals surface area contributed by atoms with Crippen LogP contribution in [0.15, 0.2) is 47.6 Å².